The second-order valence-electron chi connectivity index (χ2n) is 3.69. The summed E-state index contributed by atoms with van der Waals surface area (Å²) >= 11 is 0. The van der Waals surface area contributed by atoms with Crippen LogP contribution in [0.5, 0.6) is 0 Å². The molecule has 13 heavy (non-hydrogen) atoms. The SMILES string of the molecule is CCCN(CCC)CCCCCN. The van der Waals surface area contributed by atoms with Crippen molar-refractivity contribution in [2.75, 3.05) is 26.2 Å². The van der Waals surface area contributed by atoms with E-state index in [1.54, 1.807) is 0 Å². The summed E-state index contributed by atoms with van der Waals surface area (Å²) in [6.45, 7) is 9.14. The third-order valence-corrected chi connectivity index (χ3v) is 2.26. The molecular weight excluding hydrogens is 160 g/mol. The molecule has 0 heterocycles. The topological polar surface area (TPSA) is 29.3 Å². The molecule has 2 heteroatoms. The number of nitrogens with zero attached hydrogens (tertiary/aromatic N) is 1. The van der Waals surface area contributed by atoms with E-state index in [9.17, 15) is 0 Å². The highest BCUT2D eigenvalue weighted by atomic mass is 15.1. The van der Waals surface area contributed by atoms with Crippen LogP contribution in [0.25, 0.3) is 0 Å². The highest BCUT2D eigenvalue weighted by Crippen LogP contribution is 2.00. The zero-order chi connectivity index (χ0) is 9.94. The molecule has 0 atom stereocenters. The van der Waals surface area contributed by atoms with Gasteiger partial charge in [-0.3, -0.25) is 0 Å². The Hall–Kier alpha value is -0.0800. The number of nitrogens with two attached hydrogens (primary N) is 1. The van der Waals surface area contributed by atoms with Gasteiger partial charge in [0, 0.05) is 0 Å². The van der Waals surface area contributed by atoms with Crippen molar-refractivity contribution < 1.29 is 0 Å². The fraction of sp³-hybridized carbons (Fsp3) is 1.00. The molecule has 0 rings (SSSR count). The van der Waals surface area contributed by atoms with Crippen molar-refractivity contribution >= 4 is 0 Å². The van der Waals surface area contributed by atoms with Crippen LogP contribution in [0, 0.1) is 0 Å². The second kappa shape index (κ2) is 10.0. The standard InChI is InChI=1S/C11H26N2/c1-3-9-13(10-4-2)11-7-5-6-8-12/h3-12H2,1-2H3. The van der Waals surface area contributed by atoms with Crippen molar-refractivity contribution in [2.24, 2.45) is 5.73 Å². The Morgan fingerprint density at radius 3 is 1.92 bits per heavy atom. The second-order valence-corrected chi connectivity index (χ2v) is 3.69. The lowest BCUT2D eigenvalue weighted by Crippen LogP contribution is -2.26. The first-order valence-electron chi connectivity index (χ1n) is 5.77. The van der Waals surface area contributed by atoms with E-state index in [-0.39, 0.29) is 0 Å². The molecule has 2 N–H and O–H groups in total. The van der Waals surface area contributed by atoms with Gasteiger partial charge in [0.1, 0.15) is 0 Å². The first-order chi connectivity index (χ1) is 6.35. The molecule has 0 fully saturated rings. The molecule has 0 unspecified atom stereocenters. The average molecular weight is 186 g/mol. The maximum Gasteiger partial charge on any atom is -0.00187 e. The summed E-state index contributed by atoms with van der Waals surface area (Å²) in [5.41, 5.74) is 5.45. The molecule has 0 aliphatic rings. The summed E-state index contributed by atoms with van der Waals surface area (Å²) in [6, 6.07) is 0. The van der Waals surface area contributed by atoms with Crippen LogP contribution in [-0.2, 0) is 0 Å². The van der Waals surface area contributed by atoms with Crippen molar-refractivity contribution in [2.45, 2.75) is 46.0 Å². The van der Waals surface area contributed by atoms with E-state index in [0.29, 0.717) is 0 Å². The van der Waals surface area contributed by atoms with Crippen LogP contribution < -0.4 is 5.73 Å². The Morgan fingerprint density at radius 1 is 0.846 bits per heavy atom. The first-order valence-corrected chi connectivity index (χ1v) is 5.77. The highest BCUT2D eigenvalue weighted by Gasteiger charge is 2.00. The molecule has 0 amide bonds. The first kappa shape index (κ1) is 12.9. The Kier molecular flexibility index (Phi) is 9.94. The molecule has 0 aliphatic carbocycles. The maximum absolute atomic E-state index is 5.45. The highest BCUT2D eigenvalue weighted by molar-refractivity contribution is 4.56. The fourth-order valence-corrected chi connectivity index (χ4v) is 1.62. The molecule has 0 saturated carbocycles. The zero-order valence-electron chi connectivity index (χ0n) is 9.39. The van der Waals surface area contributed by atoms with Crippen LogP contribution in [0.2, 0.25) is 0 Å². The molecule has 0 radical (unpaired) electrons. The van der Waals surface area contributed by atoms with Crippen LogP contribution >= 0.6 is 0 Å². The quantitative estimate of drug-likeness (QED) is 0.560. The van der Waals surface area contributed by atoms with E-state index in [4.69, 9.17) is 5.73 Å². The van der Waals surface area contributed by atoms with Gasteiger partial charge in [0.05, 0.1) is 0 Å². The minimum atomic E-state index is 0.849. The van der Waals surface area contributed by atoms with Gasteiger partial charge in [0.25, 0.3) is 0 Å². The lowest BCUT2D eigenvalue weighted by molar-refractivity contribution is 0.268. The number of rotatable bonds is 9. The minimum absolute atomic E-state index is 0.849. The largest absolute Gasteiger partial charge is 0.330 e. The van der Waals surface area contributed by atoms with Gasteiger partial charge in [0.15, 0.2) is 0 Å². The Balaban J connectivity index is 3.33. The van der Waals surface area contributed by atoms with Crippen molar-refractivity contribution in [3.05, 3.63) is 0 Å². The Bertz CT molecular complexity index is 88.1. The average Bonchev–Trinajstić information content (AvgIpc) is 2.13. The lowest BCUT2D eigenvalue weighted by atomic mass is 10.2. The van der Waals surface area contributed by atoms with Gasteiger partial charge in [-0.2, -0.15) is 0 Å². The molecule has 2 nitrogen and oxygen atoms in total. The van der Waals surface area contributed by atoms with Crippen molar-refractivity contribution in [3.8, 4) is 0 Å². The lowest BCUT2D eigenvalue weighted by Gasteiger charge is -2.20. The van der Waals surface area contributed by atoms with Gasteiger partial charge in [0.2, 0.25) is 0 Å². The van der Waals surface area contributed by atoms with E-state index >= 15 is 0 Å². The normalized spacial score (nSPS) is 11.1. The Labute approximate surface area is 83.5 Å². The van der Waals surface area contributed by atoms with Gasteiger partial charge in [-0.25, -0.2) is 0 Å². The fourth-order valence-electron chi connectivity index (χ4n) is 1.62. The van der Waals surface area contributed by atoms with Gasteiger partial charge in [-0.15, -0.1) is 0 Å². The zero-order valence-corrected chi connectivity index (χ0v) is 9.39. The van der Waals surface area contributed by atoms with Crippen molar-refractivity contribution in [1.29, 1.82) is 0 Å². The van der Waals surface area contributed by atoms with Crippen molar-refractivity contribution in [3.63, 3.8) is 0 Å². The number of unbranched alkanes of at least 4 members (excludes halogenated alkanes) is 2. The van der Waals surface area contributed by atoms with E-state index in [1.807, 2.05) is 0 Å². The molecule has 0 aliphatic heterocycles. The summed E-state index contributed by atoms with van der Waals surface area (Å²) in [4.78, 5) is 2.57. The van der Waals surface area contributed by atoms with Crippen LogP contribution in [0.4, 0.5) is 0 Å². The Morgan fingerprint density at radius 2 is 1.46 bits per heavy atom. The molecule has 0 aromatic carbocycles. The number of hydrogen-bond acceptors (Lipinski definition) is 2. The smallest absolute Gasteiger partial charge is 0.00187 e. The summed E-state index contributed by atoms with van der Waals surface area (Å²) in [6.07, 6.45) is 6.34. The molecule has 80 valence electrons. The third-order valence-electron chi connectivity index (χ3n) is 2.26. The predicted octanol–water partition coefficient (Wildman–Crippen LogP) is 2.24. The summed E-state index contributed by atoms with van der Waals surface area (Å²) in [5, 5.41) is 0. The molecule has 0 spiro atoms. The minimum Gasteiger partial charge on any atom is -0.330 e. The molecule has 0 bridgehead atoms. The van der Waals surface area contributed by atoms with E-state index in [1.165, 1.54) is 51.7 Å². The summed E-state index contributed by atoms with van der Waals surface area (Å²) < 4.78 is 0. The predicted molar refractivity (Wildman–Crippen MR) is 59.9 cm³/mol. The van der Waals surface area contributed by atoms with Crippen LogP contribution in [0.1, 0.15) is 46.0 Å². The molecule has 0 aromatic rings. The third kappa shape index (κ3) is 8.26. The van der Waals surface area contributed by atoms with E-state index in [2.05, 4.69) is 18.7 Å². The van der Waals surface area contributed by atoms with Gasteiger partial charge in [-0.1, -0.05) is 20.3 Å². The van der Waals surface area contributed by atoms with Crippen molar-refractivity contribution in [1.82, 2.24) is 4.90 Å². The van der Waals surface area contributed by atoms with Gasteiger partial charge in [-0.05, 0) is 51.9 Å². The van der Waals surface area contributed by atoms with Crippen LogP contribution in [0.15, 0.2) is 0 Å². The molecule has 0 aromatic heterocycles. The molecule has 0 saturated heterocycles. The monoisotopic (exact) mass is 186 g/mol. The summed E-state index contributed by atoms with van der Waals surface area (Å²) in [5.74, 6) is 0. The van der Waals surface area contributed by atoms with Crippen LogP contribution in [0.3, 0.4) is 0 Å². The maximum atomic E-state index is 5.45. The number of hydrogen-bond donors (Lipinski definition) is 1. The van der Waals surface area contributed by atoms with E-state index < -0.39 is 0 Å². The van der Waals surface area contributed by atoms with Gasteiger partial charge < -0.3 is 10.6 Å². The van der Waals surface area contributed by atoms with E-state index in [0.717, 1.165) is 6.54 Å². The van der Waals surface area contributed by atoms with Gasteiger partial charge >= 0.3 is 0 Å². The molecular formula is C11H26N2. The van der Waals surface area contributed by atoms with Crippen LogP contribution in [-0.4, -0.2) is 31.1 Å². The summed E-state index contributed by atoms with van der Waals surface area (Å²) in [7, 11) is 0.